The van der Waals surface area contributed by atoms with Crippen LogP contribution in [-0.2, 0) is 15.9 Å². The van der Waals surface area contributed by atoms with Gasteiger partial charge in [0.25, 0.3) is 0 Å². The number of hydrogen-bond acceptors (Lipinski definition) is 5. The third-order valence-electron chi connectivity index (χ3n) is 3.73. The van der Waals surface area contributed by atoms with E-state index in [1.54, 1.807) is 12.1 Å². The molecule has 3 N–H and O–H groups in total. The molecule has 0 radical (unpaired) electrons. The zero-order valence-electron chi connectivity index (χ0n) is 11.3. The number of aliphatic hydroxyl groups excluding tert-OH is 1. The molecule has 0 unspecified atom stereocenters. The first-order valence-corrected chi connectivity index (χ1v) is 6.07. The van der Waals surface area contributed by atoms with Gasteiger partial charge in [-0.1, -0.05) is 0 Å². The van der Waals surface area contributed by atoms with Crippen LogP contribution in [0.5, 0.6) is 0 Å². The first kappa shape index (κ1) is 13.6. The lowest BCUT2D eigenvalue weighted by Gasteiger charge is -2.32. The van der Waals surface area contributed by atoms with Gasteiger partial charge >= 0.3 is 7.12 Å². The van der Waals surface area contributed by atoms with Crippen LogP contribution in [0.1, 0.15) is 45.2 Å². The maximum atomic E-state index is 8.97. The topological polar surface area (TPSA) is 77.9 Å². The van der Waals surface area contributed by atoms with Crippen molar-refractivity contribution in [3.8, 4) is 0 Å². The molecule has 6 heteroatoms. The second kappa shape index (κ2) is 4.38. The van der Waals surface area contributed by atoms with Crippen molar-refractivity contribution in [2.45, 2.75) is 51.4 Å². The Balaban J connectivity index is 2.14. The highest BCUT2D eigenvalue weighted by atomic mass is 16.7. The van der Waals surface area contributed by atoms with Crippen LogP contribution in [0.4, 0.5) is 0 Å². The summed E-state index contributed by atoms with van der Waals surface area (Å²) in [6, 6.07) is 3.43. The van der Waals surface area contributed by atoms with Gasteiger partial charge in [0.1, 0.15) is 18.1 Å². The van der Waals surface area contributed by atoms with E-state index < -0.39 is 24.3 Å². The van der Waals surface area contributed by atoms with E-state index in [2.05, 4.69) is 0 Å². The minimum atomic E-state index is -0.548. The number of hydrogen-bond donors (Lipinski definition) is 2. The predicted octanol–water partition coefficient (Wildman–Crippen LogP) is 1.40. The molecule has 1 aromatic rings. The summed E-state index contributed by atoms with van der Waals surface area (Å²) in [6.45, 7) is 7.75. The van der Waals surface area contributed by atoms with E-state index in [1.165, 1.54) is 0 Å². The summed E-state index contributed by atoms with van der Waals surface area (Å²) in [5, 5.41) is 8.97. The van der Waals surface area contributed by atoms with Gasteiger partial charge in [-0.05, 0) is 39.8 Å². The van der Waals surface area contributed by atoms with E-state index in [0.29, 0.717) is 11.5 Å². The van der Waals surface area contributed by atoms with Gasteiger partial charge in [-0.3, -0.25) is 0 Å². The first-order valence-electron chi connectivity index (χ1n) is 6.07. The molecule has 1 atom stereocenters. The zero-order chi connectivity index (χ0) is 13.6. The van der Waals surface area contributed by atoms with E-state index in [9.17, 15) is 0 Å². The van der Waals surface area contributed by atoms with Crippen molar-refractivity contribution in [3.63, 3.8) is 0 Å². The minimum absolute atomic E-state index is 0.143. The molecule has 1 aliphatic heterocycles. The van der Waals surface area contributed by atoms with Gasteiger partial charge in [0.05, 0.1) is 17.1 Å². The maximum absolute atomic E-state index is 8.97. The van der Waals surface area contributed by atoms with Crippen LogP contribution >= 0.6 is 0 Å². The van der Waals surface area contributed by atoms with Gasteiger partial charge in [0.15, 0.2) is 0 Å². The van der Waals surface area contributed by atoms with Crippen LogP contribution in [-0.4, -0.2) is 23.4 Å². The summed E-state index contributed by atoms with van der Waals surface area (Å²) < 4.78 is 17.1. The molecule has 5 nitrogen and oxygen atoms in total. The van der Waals surface area contributed by atoms with Crippen molar-refractivity contribution >= 4 is 7.12 Å². The molecule has 0 spiro atoms. The van der Waals surface area contributed by atoms with Crippen molar-refractivity contribution in [1.29, 1.82) is 0 Å². The van der Waals surface area contributed by atoms with Crippen molar-refractivity contribution in [2.24, 2.45) is 5.73 Å². The average Bonchev–Trinajstić information content (AvgIpc) is 2.81. The van der Waals surface area contributed by atoms with E-state index in [1.807, 2.05) is 27.7 Å². The summed E-state index contributed by atoms with van der Waals surface area (Å²) >= 11 is 0. The van der Waals surface area contributed by atoms with Crippen LogP contribution in [0.25, 0.3) is 0 Å². The second-order valence-electron chi connectivity index (χ2n) is 5.61. The van der Waals surface area contributed by atoms with E-state index in [0.717, 1.165) is 0 Å². The van der Waals surface area contributed by atoms with Crippen LogP contribution < -0.4 is 5.73 Å². The minimum Gasteiger partial charge on any atom is -0.463 e. The second-order valence-corrected chi connectivity index (χ2v) is 5.61. The monoisotopic (exact) mass is 253 g/mol. The molecule has 2 rings (SSSR count). The molecule has 1 aromatic heterocycles. The van der Waals surface area contributed by atoms with E-state index >= 15 is 0 Å². The Hall–Kier alpha value is -0.815. The van der Waals surface area contributed by atoms with Gasteiger partial charge < -0.3 is 24.6 Å². The standard InChI is InChI=1S/C12H20BNO4/c1-11(2)12(3,4)18-13(17-11)10(14)9-6-5-8(7-15)16-9/h5-6,10,15H,7,14H2,1-4H3/t10-/m1/s1. The maximum Gasteiger partial charge on any atom is 0.483 e. The Bertz CT molecular complexity index is 413. The fourth-order valence-electron chi connectivity index (χ4n) is 1.83. The molecular formula is C12H20BNO4. The SMILES string of the molecule is CC1(C)OB([C@H](N)c2ccc(CO)o2)OC1(C)C. The lowest BCUT2D eigenvalue weighted by molar-refractivity contribution is 0.00578. The highest BCUT2D eigenvalue weighted by molar-refractivity contribution is 6.47. The molecular weight excluding hydrogens is 233 g/mol. The molecule has 1 saturated heterocycles. The lowest BCUT2D eigenvalue weighted by Crippen LogP contribution is -2.41. The van der Waals surface area contributed by atoms with Crippen LogP contribution in [0.3, 0.4) is 0 Å². The van der Waals surface area contributed by atoms with Gasteiger partial charge in [-0.15, -0.1) is 0 Å². The summed E-state index contributed by atoms with van der Waals surface area (Å²) in [6.07, 6.45) is 0. The zero-order valence-corrected chi connectivity index (χ0v) is 11.3. The van der Waals surface area contributed by atoms with Gasteiger partial charge in [0, 0.05) is 0 Å². The Morgan fingerprint density at radius 3 is 2.22 bits per heavy atom. The highest BCUT2D eigenvalue weighted by Crippen LogP contribution is 2.39. The van der Waals surface area contributed by atoms with Gasteiger partial charge in [0.2, 0.25) is 0 Å². The molecule has 100 valence electrons. The fraction of sp³-hybridized carbons (Fsp3) is 0.667. The lowest BCUT2D eigenvalue weighted by atomic mass is 9.77. The molecule has 2 heterocycles. The van der Waals surface area contributed by atoms with Gasteiger partial charge in [-0.25, -0.2) is 0 Å². The van der Waals surface area contributed by atoms with Crippen LogP contribution in [0, 0.1) is 0 Å². The number of nitrogens with two attached hydrogens (primary N) is 1. The molecule has 18 heavy (non-hydrogen) atoms. The fourth-order valence-corrected chi connectivity index (χ4v) is 1.83. The summed E-state index contributed by atoms with van der Waals surface area (Å²) in [5.41, 5.74) is 5.26. The molecule has 0 saturated carbocycles. The van der Waals surface area contributed by atoms with Crippen molar-refractivity contribution < 1.29 is 18.8 Å². The summed E-state index contributed by atoms with van der Waals surface area (Å²) in [4.78, 5) is 0. The molecule has 0 bridgehead atoms. The highest BCUT2D eigenvalue weighted by Gasteiger charge is 2.53. The summed E-state index contributed by atoms with van der Waals surface area (Å²) in [7, 11) is -0.548. The van der Waals surface area contributed by atoms with Crippen molar-refractivity contribution in [2.75, 3.05) is 0 Å². The third-order valence-corrected chi connectivity index (χ3v) is 3.73. The Morgan fingerprint density at radius 1 is 1.22 bits per heavy atom. The number of furan rings is 1. The summed E-state index contributed by atoms with van der Waals surface area (Å²) in [5.74, 6) is 0.529. The van der Waals surface area contributed by atoms with E-state index in [-0.39, 0.29) is 6.61 Å². The first-order chi connectivity index (χ1) is 8.27. The van der Waals surface area contributed by atoms with Crippen molar-refractivity contribution in [1.82, 2.24) is 0 Å². The molecule has 0 aromatic carbocycles. The Morgan fingerprint density at radius 2 is 1.78 bits per heavy atom. The number of aliphatic hydroxyl groups is 1. The Labute approximate surface area is 107 Å². The molecule has 1 fully saturated rings. The largest absolute Gasteiger partial charge is 0.483 e. The average molecular weight is 253 g/mol. The molecule has 0 amide bonds. The van der Waals surface area contributed by atoms with Gasteiger partial charge in [-0.2, -0.15) is 0 Å². The third kappa shape index (κ3) is 2.21. The van der Waals surface area contributed by atoms with E-state index in [4.69, 9.17) is 24.6 Å². The smallest absolute Gasteiger partial charge is 0.463 e. The Kier molecular flexibility index (Phi) is 3.31. The van der Waals surface area contributed by atoms with Crippen LogP contribution in [0.15, 0.2) is 16.5 Å². The van der Waals surface area contributed by atoms with Crippen LogP contribution in [0.2, 0.25) is 0 Å². The van der Waals surface area contributed by atoms with Crippen molar-refractivity contribution in [3.05, 3.63) is 23.7 Å². The quantitative estimate of drug-likeness (QED) is 0.796. The predicted molar refractivity (Wildman–Crippen MR) is 67.6 cm³/mol. The molecule has 0 aliphatic carbocycles. The number of rotatable bonds is 3. The normalized spacial score (nSPS) is 23.3. The molecule has 1 aliphatic rings.